The summed E-state index contributed by atoms with van der Waals surface area (Å²) < 4.78 is 30.8. The van der Waals surface area contributed by atoms with Crippen LogP contribution in [0.15, 0.2) is 48.5 Å². The highest BCUT2D eigenvalue weighted by Gasteiger charge is 2.08. The van der Waals surface area contributed by atoms with Crippen LogP contribution in [0.4, 0.5) is 5.69 Å². The normalized spacial score (nSPS) is 10.7. The largest absolute Gasteiger partial charge is 0.492 e. The molecule has 7 nitrogen and oxygen atoms in total. The van der Waals surface area contributed by atoms with E-state index in [9.17, 15) is 13.2 Å². The van der Waals surface area contributed by atoms with Gasteiger partial charge in [0.1, 0.15) is 12.4 Å². The molecule has 4 N–H and O–H groups in total. The number of nitrogens with one attached hydrogen (secondary N) is 2. The first-order chi connectivity index (χ1) is 12.4. The molecule has 0 aliphatic rings. The third-order valence-electron chi connectivity index (χ3n) is 3.59. The van der Waals surface area contributed by atoms with Gasteiger partial charge in [-0.3, -0.25) is 4.79 Å². The highest BCUT2D eigenvalue weighted by Crippen LogP contribution is 2.16. The van der Waals surface area contributed by atoms with Gasteiger partial charge in [-0.15, -0.1) is 12.4 Å². The minimum Gasteiger partial charge on any atom is -0.492 e. The van der Waals surface area contributed by atoms with Gasteiger partial charge in [0.25, 0.3) is 5.91 Å². The third-order valence-corrected chi connectivity index (χ3v) is 4.94. The molecule has 0 aliphatic carbocycles. The van der Waals surface area contributed by atoms with Crippen LogP contribution in [0, 0.1) is 0 Å². The lowest BCUT2D eigenvalue weighted by atomic mass is 10.1. The van der Waals surface area contributed by atoms with Crippen LogP contribution in [0.3, 0.4) is 0 Å². The van der Waals surface area contributed by atoms with Crippen molar-refractivity contribution < 1.29 is 17.9 Å². The first-order valence-corrected chi connectivity index (χ1v) is 9.89. The lowest BCUT2D eigenvalue weighted by molar-refractivity contribution is 0.102. The average molecular weight is 414 g/mol. The van der Waals surface area contributed by atoms with Gasteiger partial charge in [-0.2, -0.15) is 0 Å². The zero-order chi connectivity index (χ0) is 19.0. The summed E-state index contributed by atoms with van der Waals surface area (Å²) >= 11 is 0. The Morgan fingerprint density at radius 1 is 1.07 bits per heavy atom. The first kappa shape index (κ1) is 22.9. The third kappa shape index (κ3) is 7.56. The number of sulfonamides is 1. The van der Waals surface area contributed by atoms with Crippen molar-refractivity contribution >= 4 is 34.0 Å². The van der Waals surface area contributed by atoms with Crippen LogP contribution in [0.25, 0.3) is 0 Å². The fourth-order valence-corrected chi connectivity index (χ4v) is 2.67. The molecule has 0 saturated carbocycles. The minimum absolute atomic E-state index is 0. The van der Waals surface area contributed by atoms with E-state index in [0.717, 1.165) is 5.56 Å². The van der Waals surface area contributed by atoms with Crippen molar-refractivity contribution in [3.05, 3.63) is 59.7 Å². The van der Waals surface area contributed by atoms with Gasteiger partial charge in [-0.05, 0) is 48.9 Å². The Kier molecular flexibility index (Phi) is 9.23. The summed E-state index contributed by atoms with van der Waals surface area (Å²) in [5, 5.41) is 2.80. The van der Waals surface area contributed by atoms with E-state index in [0.29, 0.717) is 30.2 Å². The van der Waals surface area contributed by atoms with Crippen LogP contribution >= 0.6 is 12.4 Å². The zero-order valence-corrected chi connectivity index (χ0v) is 16.6. The van der Waals surface area contributed by atoms with E-state index in [4.69, 9.17) is 10.5 Å². The lowest BCUT2D eigenvalue weighted by Crippen LogP contribution is -2.24. The van der Waals surface area contributed by atoms with Gasteiger partial charge >= 0.3 is 0 Å². The number of ether oxygens (including phenoxy) is 1. The summed E-state index contributed by atoms with van der Waals surface area (Å²) in [6.45, 7) is 2.65. The fourth-order valence-electron chi connectivity index (χ4n) is 2.08. The molecule has 0 aromatic heterocycles. The maximum absolute atomic E-state index is 12.3. The molecule has 2 aromatic rings. The maximum atomic E-state index is 12.3. The molecule has 0 fully saturated rings. The van der Waals surface area contributed by atoms with E-state index in [1.807, 2.05) is 0 Å². The number of nitrogens with two attached hydrogens (primary N) is 1. The van der Waals surface area contributed by atoms with Crippen LogP contribution in [0.5, 0.6) is 5.75 Å². The molecule has 148 valence electrons. The maximum Gasteiger partial charge on any atom is 0.255 e. The Hall–Kier alpha value is -2.13. The number of hydrogen-bond acceptors (Lipinski definition) is 5. The van der Waals surface area contributed by atoms with E-state index in [2.05, 4.69) is 10.0 Å². The number of hydrogen-bond donors (Lipinski definition) is 3. The molecule has 0 spiro atoms. The molecule has 0 saturated heterocycles. The van der Waals surface area contributed by atoms with E-state index in [-0.39, 0.29) is 30.6 Å². The molecular weight excluding hydrogens is 390 g/mol. The SMILES string of the molecule is CCS(=O)(=O)NCc1ccc(C(=O)Nc2ccc(OCCN)cc2)cc1.Cl. The monoisotopic (exact) mass is 413 g/mol. The molecule has 0 aliphatic heterocycles. The van der Waals surface area contributed by atoms with Crippen molar-refractivity contribution in [3.63, 3.8) is 0 Å². The predicted octanol–water partition coefficient (Wildman–Crippen LogP) is 2.14. The summed E-state index contributed by atoms with van der Waals surface area (Å²) in [5.41, 5.74) is 7.29. The molecule has 1 amide bonds. The molecule has 0 unspecified atom stereocenters. The molecule has 0 heterocycles. The van der Waals surface area contributed by atoms with Crippen LogP contribution in [-0.2, 0) is 16.6 Å². The van der Waals surface area contributed by atoms with Crippen LogP contribution in [-0.4, -0.2) is 33.2 Å². The molecule has 2 aromatic carbocycles. The van der Waals surface area contributed by atoms with Crippen molar-refractivity contribution in [2.45, 2.75) is 13.5 Å². The van der Waals surface area contributed by atoms with Crippen molar-refractivity contribution in [1.82, 2.24) is 4.72 Å². The summed E-state index contributed by atoms with van der Waals surface area (Å²) in [4.78, 5) is 12.3. The van der Waals surface area contributed by atoms with Crippen LogP contribution in [0.2, 0.25) is 0 Å². The number of benzene rings is 2. The number of amides is 1. The van der Waals surface area contributed by atoms with E-state index >= 15 is 0 Å². The minimum atomic E-state index is -3.24. The smallest absolute Gasteiger partial charge is 0.255 e. The molecular formula is C18H24ClN3O4S. The Morgan fingerprint density at radius 2 is 1.70 bits per heavy atom. The number of rotatable bonds is 9. The number of anilines is 1. The average Bonchev–Trinajstić information content (AvgIpc) is 2.66. The van der Waals surface area contributed by atoms with Crippen molar-refractivity contribution in [3.8, 4) is 5.75 Å². The summed E-state index contributed by atoms with van der Waals surface area (Å²) in [6, 6.07) is 13.8. The van der Waals surface area contributed by atoms with Gasteiger partial charge in [0, 0.05) is 24.3 Å². The number of carbonyl (C=O) groups excluding carboxylic acids is 1. The Bertz CT molecular complexity index is 825. The van der Waals surface area contributed by atoms with Crippen LogP contribution in [0.1, 0.15) is 22.8 Å². The highest BCUT2D eigenvalue weighted by molar-refractivity contribution is 7.89. The topological polar surface area (TPSA) is 111 Å². The van der Waals surface area contributed by atoms with Crippen molar-refractivity contribution in [2.24, 2.45) is 5.73 Å². The van der Waals surface area contributed by atoms with E-state index < -0.39 is 10.0 Å². The standard InChI is InChI=1S/C18H23N3O4S.ClH/c1-2-26(23,24)20-13-14-3-5-15(6-4-14)18(22)21-16-7-9-17(10-8-16)25-12-11-19;/h3-10,20H,2,11-13,19H2,1H3,(H,21,22);1H. The number of halogens is 1. The van der Waals surface area contributed by atoms with Crippen molar-refractivity contribution in [2.75, 3.05) is 24.2 Å². The Balaban J connectivity index is 0.00000364. The molecule has 0 bridgehead atoms. The molecule has 2 rings (SSSR count). The van der Waals surface area contributed by atoms with Gasteiger partial charge < -0.3 is 15.8 Å². The molecule has 9 heteroatoms. The summed E-state index contributed by atoms with van der Waals surface area (Å²) in [6.07, 6.45) is 0. The second kappa shape index (κ2) is 10.9. The second-order valence-corrected chi connectivity index (χ2v) is 7.63. The van der Waals surface area contributed by atoms with E-state index in [1.54, 1.807) is 55.5 Å². The highest BCUT2D eigenvalue weighted by atomic mass is 35.5. The Morgan fingerprint density at radius 3 is 2.26 bits per heavy atom. The lowest BCUT2D eigenvalue weighted by Gasteiger charge is -2.09. The van der Waals surface area contributed by atoms with Gasteiger partial charge in [-0.1, -0.05) is 12.1 Å². The predicted molar refractivity (Wildman–Crippen MR) is 109 cm³/mol. The summed E-state index contributed by atoms with van der Waals surface area (Å²) in [5.74, 6) is 0.470. The first-order valence-electron chi connectivity index (χ1n) is 8.24. The van der Waals surface area contributed by atoms with Crippen LogP contribution < -0.4 is 20.5 Å². The van der Waals surface area contributed by atoms with Gasteiger partial charge in [0.05, 0.1) is 5.75 Å². The number of carbonyl (C=O) groups is 1. The summed E-state index contributed by atoms with van der Waals surface area (Å²) in [7, 11) is -3.24. The quantitative estimate of drug-likeness (QED) is 0.583. The molecule has 27 heavy (non-hydrogen) atoms. The molecule has 0 atom stereocenters. The second-order valence-electron chi connectivity index (χ2n) is 5.54. The van der Waals surface area contributed by atoms with E-state index in [1.165, 1.54) is 0 Å². The van der Waals surface area contributed by atoms with Gasteiger partial charge in [-0.25, -0.2) is 13.1 Å². The molecule has 0 radical (unpaired) electrons. The zero-order valence-electron chi connectivity index (χ0n) is 15.0. The van der Waals surface area contributed by atoms with Crippen molar-refractivity contribution in [1.29, 1.82) is 0 Å². The fraction of sp³-hybridized carbons (Fsp3) is 0.278. The van der Waals surface area contributed by atoms with Gasteiger partial charge in [0.2, 0.25) is 10.0 Å². The van der Waals surface area contributed by atoms with Gasteiger partial charge in [0.15, 0.2) is 0 Å². The Labute approximate surface area is 165 Å².